The van der Waals surface area contributed by atoms with Gasteiger partial charge in [0.25, 0.3) is 0 Å². The first kappa shape index (κ1) is 11.8. The van der Waals surface area contributed by atoms with Crippen molar-refractivity contribution in [1.82, 2.24) is 9.55 Å². The summed E-state index contributed by atoms with van der Waals surface area (Å²) in [5, 5.41) is 0. The number of benzene rings is 1. The summed E-state index contributed by atoms with van der Waals surface area (Å²) in [4.78, 5) is 3.26. The largest absolute Gasteiger partial charge is 0.497 e. The maximum Gasteiger partial charge on any atom is 0.178 e. The van der Waals surface area contributed by atoms with E-state index >= 15 is 0 Å². The molecule has 1 saturated carbocycles. The van der Waals surface area contributed by atoms with E-state index in [1.54, 1.807) is 7.11 Å². The second-order valence-corrected chi connectivity index (χ2v) is 6.20. The van der Waals surface area contributed by atoms with Crippen LogP contribution in [-0.2, 0) is 6.54 Å². The Morgan fingerprint density at radius 2 is 2.22 bits per heavy atom. The first-order valence-electron chi connectivity index (χ1n) is 6.28. The lowest BCUT2D eigenvalue weighted by atomic mass is 10.1. The Bertz CT molecular complexity index is 653. The average Bonchev–Trinajstić information content (AvgIpc) is 2.81. The smallest absolute Gasteiger partial charge is 0.178 e. The summed E-state index contributed by atoms with van der Waals surface area (Å²) in [5.41, 5.74) is 2.69. The van der Waals surface area contributed by atoms with Crippen LogP contribution in [0.25, 0.3) is 11.0 Å². The zero-order valence-electron chi connectivity index (χ0n) is 11.0. The Balaban J connectivity index is 2.04. The van der Waals surface area contributed by atoms with Crippen molar-refractivity contribution in [3.8, 4) is 5.75 Å². The van der Waals surface area contributed by atoms with Gasteiger partial charge in [-0.25, -0.2) is 0 Å². The molecule has 0 aliphatic heterocycles. The second kappa shape index (κ2) is 3.85. The monoisotopic (exact) mass is 262 g/mol. The fourth-order valence-corrected chi connectivity index (χ4v) is 2.83. The van der Waals surface area contributed by atoms with Crippen molar-refractivity contribution in [2.45, 2.75) is 26.8 Å². The van der Waals surface area contributed by atoms with E-state index in [9.17, 15) is 0 Å². The molecule has 0 amide bonds. The van der Waals surface area contributed by atoms with Gasteiger partial charge in [-0.15, -0.1) is 0 Å². The van der Waals surface area contributed by atoms with Gasteiger partial charge in [-0.1, -0.05) is 13.8 Å². The third-order valence-corrected chi connectivity index (χ3v) is 4.43. The van der Waals surface area contributed by atoms with Crippen LogP contribution in [-0.4, -0.2) is 16.7 Å². The molecule has 1 aromatic carbocycles. The van der Waals surface area contributed by atoms with E-state index in [1.807, 2.05) is 12.1 Å². The first-order valence-corrected chi connectivity index (χ1v) is 6.68. The third-order valence-electron chi connectivity index (χ3n) is 4.10. The Morgan fingerprint density at radius 3 is 2.83 bits per heavy atom. The minimum absolute atomic E-state index is 0.469. The number of hydrogen-bond donors (Lipinski definition) is 1. The van der Waals surface area contributed by atoms with Crippen molar-refractivity contribution < 1.29 is 4.74 Å². The maximum absolute atomic E-state index is 5.42. The highest BCUT2D eigenvalue weighted by Crippen LogP contribution is 2.52. The zero-order chi connectivity index (χ0) is 12.9. The molecule has 2 aromatic rings. The van der Waals surface area contributed by atoms with Crippen LogP contribution in [0, 0.1) is 16.1 Å². The molecular weight excluding hydrogens is 244 g/mol. The summed E-state index contributed by atoms with van der Waals surface area (Å²) < 4.78 is 8.29. The molecule has 0 radical (unpaired) electrons. The number of imidazole rings is 1. The first-order chi connectivity index (χ1) is 8.51. The van der Waals surface area contributed by atoms with Crippen LogP contribution in [0.3, 0.4) is 0 Å². The number of hydrogen-bond acceptors (Lipinski definition) is 2. The topological polar surface area (TPSA) is 29.9 Å². The zero-order valence-corrected chi connectivity index (χ0v) is 11.8. The Morgan fingerprint density at radius 1 is 1.50 bits per heavy atom. The molecule has 1 aromatic heterocycles. The standard InChI is InChI=1S/C14H18N2OS/c1-14(2)7-9(14)8-16-12-6-10(17-3)4-5-11(12)15-13(16)18/h4-6,9H,7-8H2,1-3H3,(H,15,18). The van der Waals surface area contributed by atoms with E-state index in [0.29, 0.717) is 5.41 Å². The molecule has 0 bridgehead atoms. The molecule has 0 spiro atoms. The number of fused-ring (bicyclic) bond motifs is 1. The van der Waals surface area contributed by atoms with Gasteiger partial charge in [0.15, 0.2) is 4.77 Å². The van der Waals surface area contributed by atoms with Gasteiger partial charge in [0.2, 0.25) is 0 Å². The molecule has 3 nitrogen and oxygen atoms in total. The molecular formula is C14H18N2OS. The summed E-state index contributed by atoms with van der Waals surface area (Å²) in [6, 6.07) is 6.04. The summed E-state index contributed by atoms with van der Waals surface area (Å²) in [7, 11) is 1.69. The molecule has 96 valence electrons. The van der Waals surface area contributed by atoms with Gasteiger partial charge in [-0.2, -0.15) is 0 Å². The minimum atomic E-state index is 0.469. The number of methoxy groups -OCH3 is 1. The van der Waals surface area contributed by atoms with Crippen molar-refractivity contribution in [1.29, 1.82) is 0 Å². The third kappa shape index (κ3) is 1.85. The molecule has 1 atom stereocenters. The number of nitrogens with one attached hydrogen (secondary N) is 1. The van der Waals surface area contributed by atoms with Crippen LogP contribution in [0.2, 0.25) is 0 Å². The molecule has 4 heteroatoms. The molecule has 1 N–H and O–H groups in total. The van der Waals surface area contributed by atoms with Crippen LogP contribution in [0.15, 0.2) is 18.2 Å². The number of nitrogens with zero attached hydrogens (tertiary/aromatic N) is 1. The molecule has 1 fully saturated rings. The number of aromatic amines is 1. The van der Waals surface area contributed by atoms with Crippen LogP contribution in [0.1, 0.15) is 20.3 Å². The normalized spacial score (nSPS) is 21.2. The summed E-state index contributed by atoms with van der Waals surface area (Å²) in [6.07, 6.45) is 1.28. The van der Waals surface area contributed by atoms with Gasteiger partial charge in [0, 0.05) is 12.6 Å². The van der Waals surface area contributed by atoms with E-state index in [4.69, 9.17) is 17.0 Å². The predicted octanol–water partition coefficient (Wildman–Crippen LogP) is 3.75. The van der Waals surface area contributed by atoms with Crippen molar-refractivity contribution in [2.24, 2.45) is 11.3 Å². The molecule has 1 aliphatic carbocycles. The van der Waals surface area contributed by atoms with Crippen LogP contribution >= 0.6 is 12.2 Å². The second-order valence-electron chi connectivity index (χ2n) is 5.81. The quantitative estimate of drug-likeness (QED) is 0.854. The fraction of sp³-hybridized carbons (Fsp3) is 0.500. The highest BCUT2D eigenvalue weighted by atomic mass is 32.1. The predicted molar refractivity (Wildman–Crippen MR) is 75.6 cm³/mol. The SMILES string of the molecule is COc1ccc2[nH]c(=S)n(CC3CC3(C)C)c2c1. The van der Waals surface area contributed by atoms with Gasteiger partial charge in [0.1, 0.15) is 5.75 Å². The lowest BCUT2D eigenvalue weighted by molar-refractivity contribution is 0.415. The summed E-state index contributed by atoms with van der Waals surface area (Å²) >= 11 is 5.42. The number of H-pyrrole nitrogens is 1. The van der Waals surface area contributed by atoms with Gasteiger partial charge < -0.3 is 14.3 Å². The van der Waals surface area contributed by atoms with Crippen molar-refractivity contribution in [3.05, 3.63) is 23.0 Å². The lowest BCUT2D eigenvalue weighted by Crippen LogP contribution is -2.03. The van der Waals surface area contributed by atoms with Crippen molar-refractivity contribution in [3.63, 3.8) is 0 Å². The average molecular weight is 262 g/mol. The number of aromatic nitrogens is 2. The maximum atomic E-state index is 5.42. The number of ether oxygens (including phenoxy) is 1. The number of rotatable bonds is 3. The van der Waals surface area contributed by atoms with E-state index in [2.05, 4.69) is 29.5 Å². The summed E-state index contributed by atoms with van der Waals surface area (Å²) in [6.45, 7) is 5.63. The summed E-state index contributed by atoms with van der Waals surface area (Å²) in [5.74, 6) is 1.61. The Labute approximate surface area is 112 Å². The molecule has 1 heterocycles. The van der Waals surface area contributed by atoms with E-state index in [1.165, 1.54) is 6.42 Å². The Kier molecular flexibility index (Phi) is 2.52. The molecule has 0 saturated heterocycles. The van der Waals surface area contributed by atoms with Crippen LogP contribution in [0.4, 0.5) is 0 Å². The van der Waals surface area contributed by atoms with Gasteiger partial charge in [-0.05, 0) is 42.1 Å². The van der Waals surface area contributed by atoms with E-state index < -0.39 is 0 Å². The molecule has 1 aliphatic rings. The van der Waals surface area contributed by atoms with Gasteiger partial charge in [0.05, 0.1) is 18.1 Å². The van der Waals surface area contributed by atoms with E-state index in [-0.39, 0.29) is 0 Å². The van der Waals surface area contributed by atoms with Crippen LogP contribution in [0.5, 0.6) is 5.75 Å². The van der Waals surface area contributed by atoms with Crippen molar-refractivity contribution in [2.75, 3.05) is 7.11 Å². The Hall–Kier alpha value is -1.29. The lowest BCUT2D eigenvalue weighted by Gasteiger charge is -2.07. The highest BCUT2D eigenvalue weighted by Gasteiger charge is 2.45. The molecule has 18 heavy (non-hydrogen) atoms. The minimum Gasteiger partial charge on any atom is -0.497 e. The van der Waals surface area contributed by atoms with Gasteiger partial charge in [-0.3, -0.25) is 0 Å². The highest BCUT2D eigenvalue weighted by molar-refractivity contribution is 7.71. The van der Waals surface area contributed by atoms with E-state index in [0.717, 1.165) is 34.0 Å². The molecule has 1 unspecified atom stereocenters. The van der Waals surface area contributed by atoms with Crippen molar-refractivity contribution >= 4 is 23.3 Å². The fourth-order valence-electron chi connectivity index (χ4n) is 2.55. The van der Waals surface area contributed by atoms with Gasteiger partial charge >= 0.3 is 0 Å². The molecule has 3 rings (SSSR count). The van der Waals surface area contributed by atoms with Crippen LogP contribution < -0.4 is 4.74 Å².